The Morgan fingerprint density at radius 1 is 1.47 bits per heavy atom. The van der Waals surface area contributed by atoms with Crippen LogP contribution >= 0.6 is 0 Å². The minimum atomic E-state index is 0.318. The number of rotatable bonds is 5. The van der Waals surface area contributed by atoms with Gasteiger partial charge in [0.25, 0.3) is 0 Å². The third-order valence-electron chi connectivity index (χ3n) is 3.40. The number of ether oxygens (including phenoxy) is 1. The van der Waals surface area contributed by atoms with Crippen molar-refractivity contribution in [3.8, 4) is 0 Å². The fourth-order valence-electron chi connectivity index (χ4n) is 2.08. The first kappa shape index (κ1) is 12.9. The van der Waals surface area contributed by atoms with Crippen molar-refractivity contribution in [3.63, 3.8) is 0 Å². The Balaban J connectivity index is 2.36. The number of nitrogens with one attached hydrogen (secondary N) is 1. The molecule has 0 aromatic heterocycles. The summed E-state index contributed by atoms with van der Waals surface area (Å²) in [5.74, 6) is 0. The van der Waals surface area contributed by atoms with Gasteiger partial charge in [0.05, 0.1) is 12.7 Å². The Labute approximate surface area is 94.2 Å². The summed E-state index contributed by atoms with van der Waals surface area (Å²) in [4.78, 5) is 2.56. The van der Waals surface area contributed by atoms with E-state index in [1.807, 2.05) is 0 Å². The van der Waals surface area contributed by atoms with Crippen LogP contribution in [0.3, 0.4) is 0 Å². The van der Waals surface area contributed by atoms with E-state index < -0.39 is 0 Å². The SMILES string of the molecule is CCC1(C)CNCCN1CCOC(C)C. The molecule has 1 unspecified atom stereocenters. The molecule has 1 aliphatic heterocycles. The van der Waals surface area contributed by atoms with Gasteiger partial charge in [-0.05, 0) is 27.2 Å². The molecule has 1 N–H and O–H groups in total. The van der Waals surface area contributed by atoms with Gasteiger partial charge in [-0.15, -0.1) is 0 Å². The Kier molecular flexibility index (Phi) is 5.03. The summed E-state index contributed by atoms with van der Waals surface area (Å²) in [6.07, 6.45) is 1.54. The van der Waals surface area contributed by atoms with Gasteiger partial charge in [0, 0.05) is 31.7 Å². The highest BCUT2D eigenvalue weighted by atomic mass is 16.5. The van der Waals surface area contributed by atoms with Gasteiger partial charge in [-0.25, -0.2) is 0 Å². The van der Waals surface area contributed by atoms with Gasteiger partial charge in [0.2, 0.25) is 0 Å². The van der Waals surface area contributed by atoms with E-state index in [0.29, 0.717) is 11.6 Å². The summed E-state index contributed by atoms with van der Waals surface area (Å²) in [7, 11) is 0. The van der Waals surface area contributed by atoms with Crippen LogP contribution in [0.4, 0.5) is 0 Å². The van der Waals surface area contributed by atoms with Gasteiger partial charge in [-0.1, -0.05) is 6.92 Å². The molecule has 90 valence electrons. The highest BCUT2D eigenvalue weighted by Gasteiger charge is 2.31. The van der Waals surface area contributed by atoms with Crippen LogP contribution in [-0.2, 0) is 4.74 Å². The monoisotopic (exact) mass is 214 g/mol. The van der Waals surface area contributed by atoms with Crippen molar-refractivity contribution in [1.29, 1.82) is 0 Å². The van der Waals surface area contributed by atoms with E-state index in [1.54, 1.807) is 0 Å². The van der Waals surface area contributed by atoms with Crippen LogP contribution in [0.2, 0.25) is 0 Å². The van der Waals surface area contributed by atoms with Crippen molar-refractivity contribution < 1.29 is 4.74 Å². The normalized spacial score (nSPS) is 28.6. The topological polar surface area (TPSA) is 24.5 Å². The maximum absolute atomic E-state index is 5.62. The first-order valence-corrected chi connectivity index (χ1v) is 6.16. The van der Waals surface area contributed by atoms with Crippen molar-refractivity contribution in [2.24, 2.45) is 0 Å². The third-order valence-corrected chi connectivity index (χ3v) is 3.40. The van der Waals surface area contributed by atoms with E-state index in [0.717, 1.165) is 32.8 Å². The molecular weight excluding hydrogens is 188 g/mol. The van der Waals surface area contributed by atoms with Gasteiger partial charge in [-0.3, -0.25) is 4.90 Å². The molecular formula is C12H26N2O. The average Bonchev–Trinajstić information content (AvgIpc) is 2.20. The lowest BCUT2D eigenvalue weighted by atomic mass is 9.94. The Hall–Kier alpha value is -0.120. The van der Waals surface area contributed by atoms with E-state index in [-0.39, 0.29) is 0 Å². The van der Waals surface area contributed by atoms with E-state index in [2.05, 4.69) is 37.9 Å². The van der Waals surface area contributed by atoms with Crippen LogP contribution in [0.15, 0.2) is 0 Å². The van der Waals surface area contributed by atoms with Crippen LogP contribution in [-0.4, -0.2) is 49.3 Å². The predicted octanol–water partition coefficient (Wildman–Crippen LogP) is 1.49. The number of hydrogen-bond donors (Lipinski definition) is 1. The van der Waals surface area contributed by atoms with Crippen molar-refractivity contribution in [2.75, 3.05) is 32.8 Å². The number of piperazine rings is 1. The average molecular weight is 214 g/mol. The Morgan fingerprint density at radius 3 is 2.80 bits per heavy atom. The molecule has 0 aromatic carbocycles. The number of nitrogens with zero attached hydrogens (tertiary/aromatic N) is 1. The molecule has 0 radical (unpaired) electrons. The second-order valence-corrected chi connectivity index (χ2v) is 4.93. The van der Waals surface area contributed by atoms with Crippen LogP contribution in [0, 0.1) is 0 Å². The maximum Gasteiger partial charge on any atom is 0.0597 e. The third kappa shape index (κ3) is 3.74. The molecule has 0 aromatic rings. The van der Waals surface area contributed by atoms with Gasteiger partial charge in [0.15, 0.2) is 0 Å². The summed E-state index contributed by atoms with van der Waals surface area (Å²) in [5.41, 5.74) is 0.318. The molecule has 0 bridgehead atoms. The zero-order chi connectivity index (χ0) is 11.3. The molecule has 1 aliphatic rings. The molecule has 15 heavy (non-hydrogen) atoms. The van der Waals surface area contributed by atoms with Crippen molar-refractivity contribution in [2.45, 2.75) is 45.8 Å². The molecule has 3 heteroatoms. The second-order valence-electron chi connectivity index (χ2n) is 4.93. The molecule has 0 aliphatic carbocycles. The molecule has 1 heterocycles. The molecule has 1 saturated heterocycles. The Morgan fingerprint density at radius 2 is 2.20 bits per heavy atom. The van der Waals surface area contributed by atoms with Crippen LogP contribution < -0.4 is 5.32 Å². The van der Waals surface area contributed by atoms with E-state index in [9.17, 15) is 0 Å². The summed E-state index contributed by atoms with van der Waals surface area (Å²) < 4.78 is 5.62. The molecule has 1 fully saturated rings. The fourth-order valence-corrected chi connectivity index (χ4v) is 2.08. The maximum atomic E-state index is 5.62. The van der Waals surface area contributed by atoms with Crippen LogP contribution in [0.25, 0.3) is 0 Å². The molecule has 0 saturated carbocycles. The lowest BCUT2D eigenvalue weighted by Gasteiger charge is -2.45. The molecule has 1 atom stereocenters. The van der Waals surface area contributed by atoms with Crippen molar-refractivity contribution >= 4 is 0 Å². The zero-order valence-corrected chi connectivity index (χ0v) is 10.7. The standard InChI is InChI=1S/C12H26N2O/c1-5-12(4)10-13-6-7-14(12)8-9-15-11(2)3/h11,13H,5-10H2,1-4H3. The highest BCUT2D eigenvalue weighted by Crippen LogP contribution is 2.20. The zero-order valence-electron chi connectivity index (χ0n) is 10.7. The van der Waals surface area contributed by atoms with Gasteiger partial charge >= 0.3 is 0 Å². The minimum Gasteiger partial charge on any atom is -0.377 e. The second kappa shape index (κ2) is 5.83. The van der Waals surface area contributed by atoms with E-state index in [4.69, 9.17) is 4.74 Å². The summed E-state index contributed by atoms with van der Waals surface area (Å²) in [6.45, 7) is 14.1. The predicted molar refractivity (Wildman–Crippen MR) is 64.2 cm³/mol. The molecule has 1 rings (SSSR count). The summed E-state index contributed by atoms with van der Waals surface area (Å²) in [6, 6.07) is 0. The van der Waals surface area contributed by atoms with Gasteiger partial charge in [-0.2, -0.15) is 0 Å². The van der Waals surface area contributed by atoms with E-state index in [1.165, 1.54) is 6.42 Å². The summed E-state index contributed by atoms with van der Waals surface area (Å²) >= 11 is 0. The molecule has 0 spiro atoms. The minimum absolute atomic E-state index is 0.318. The highest BCUT2D eigenvalue weighted by molar-refractivity contribution is 4.91. The smallest absolute Gasteiger partial charge is 0.0597 e. The molecule has 0 amide bonds. The first-order valence-electron chi connectivity index (χ1n) is 6.16. The van der Waals surface area contributed by atoms with Crippen LogP contribution in [0.1, 0.15) is 34.1 Å². The number of hydrogen-bond acceptors (Lipinski definition) is 3. The Bertz CT molecular complexity index is 184. The first-order chi connectivity index (χ1) is 7.08. The van der Waals surface area contributed by atoms with Crippen LogP contribution in [0.5, 0.6) is 0 Å². The van der Waals surface area contributed by atoms with E-state index >= 15 is 0 Å². The lowest BCUT2D eigenvalue weighted by Crippen LogP contribution is -2.59. The lowest BCUT2D eigenvalue weighted by molar-refractivity contribution is 0.0133. The van der Waals surface area contributed by atoms with Crippen molar-refractivity contribution in [1.82, 2.24) is 10.2 Å². The van der Waals surface area contributed by atoms with Gasteiger partial charge < -0.3 is 10.1 Å². The fraction of sp³-hybridized carbons (Fsp3) is 1.00. The molecule has 3 nitrogen and oxygen atoms in total. The largest absolute Gasteiger partial charge is 0.377 e. The van der Waals surface area contributed by atoms with Gasteiger partial charge in [0.1, 0.15) is 0 Å². The summed E-state index contributed by atoms with van der Waals surface area (Å²) in [5, 5.41) is 3.47. The van der Waals surface area contributed by atoms with Crippen molar-refractivity contribution in [3.05, 3.63) is 0 Å². The quantitative estimate of drug-likeness (QED) is 0.750.